The molecule has 34 heavy (non-hydrogen) atoms. The van der Waals surface area contributed by atoms with Gasteiger partial charge in [0.15, 0.2) is 0 Å². The number of imidazole rings is 1. The highest BCUT2D eigenvalue weighted by Crippen LogP contribution is 2.20. The van der Waals surface area contributed by atoms with Crippen molar-refractivity contribution < 1.29 is 9.53 Å². The summed E-state index contributed by atoms with van der Waals surface area (Å²) in [7, 11) is 0. The Morgan fingerprint density at radius 2 is 1.76 bits per heavy atom. The van der Waals surface area contributed by atoms with Gasteiger partial charge in [-0.1, -0.05) is 54.6 Å². The van der Waals surface area contributed by atoms with Crippen LogP contribution in [0.4, 0.5) is 0 Å². The first-order valence-electron chi connectivity index (χ1n) is 12.0. The first-order valence-corrected chi connectivity index (χ1v) is 12.0. The maximum absolute atomic E-state index is 12.2. The number of carbonyl (C=O) groups excluding carboxylic acids is 1. The molecule has 0 aliphatic rings. The molecule has 0 unspecified atom stereocenters. The maximum Gasteiger partial charge on any atom is 0.224 e. The largest absolute Gasteiger partial charge is 0.493 e. The quantitative estimate of drug-likeness (QED) is 0.308. The molecule has 0 saturated carbocycles. The van der Waals surface area contributed by atoms with Crippen LogP contribution in [-0.4, -0.2) is 28.6 Å². The van der Waals surface area contributed by atoms with E-state index in [0.717, 1.165) is 59.5 Å². The van der Waals surface area contributed by atoms with Gasteiger partial charge in [-0.3, -0.25) is 4.79 Å². The Hall–Kier alpha value is -3.60. The third kappa shape index (κ3) is 6.25. The lowest BCUT2D eigenvalue weighted by molar-refractivity contribution is -0.120. The Morgan fingerprint density at radius 1 is 0.971 bits per heavy atom. The average molecular weight is 456 g/mol. The number of nitrogens with one attached hydrogen (secondary N) is 1. The summed E-state index contributed by atoms with van der Waals surface area (Å²) in [6.07, 6.45) is 2.98. The van der Waals surface area contributed by atoms with Gasteiger partial charge in [0.05, 0.1) is 24.1 Å². The lowest BCUT2D eigenvalue weighted by Crippen LogP contribution is -2.26. The van der Waals surface area contributed by atoms with E-state index in [-0.39, 0.29) is 5.91 Å². The zero-order chi connectivity index (χ0) is 23.8. The van der Waals surface area contributed by atoms with Crippen LogP contribution in [0.1, 0.15) is 35.4 Å². The van der Waals surface area contributed by atoms with Gasteiger partial charge in [-0.2, -0.15) is 0 Å². The summed E-state index contributed by atoms with van der Waals surface area (Å²) in [6.45, 7) is 6.31. The lowest BCUT2D eigenvalue weighted by Gasteiger charge is -2.12. The van der Waals surface area contributed by atoms with E-state index >= 15 is 0 Å². The molecule has 0 radical (unpaired) electrons. The van der Waals surface area contributed by atoms with E-state index in [9.17, 15) is 4.79 Å². The molecule has 0 aliphatic heterocycles. The number of benzene rings is 3. The number of nitrogens with zero attached hydrogens (tertiary/aromatic N) is 2. The number of hydrogen-bond donors (Lipinski definition) is 1. The number of aromatic nitrogens is 2. The highest BCUT2D eigenvalue weighted by Gasteiger charge is 2.11. The molecule has 0 aliphatic carbocycles. The Bertz CT molecular complexity index is 1230. The molecule has 1 aromatic heterocycles. The normalized spacial score (nSPS) is 11.0. The summed E-state index contributed by atoms with van der Waals surface area (Å²) in [5.41, 5.74) is 5.57. The second-order valence-corrected chi connectivity index (χ2v) is 8.76. The molecule has 0 atom stereocenters. The SMILES string of the molecule is Cc1ccc(C)c(OCCCn2c(CCCNC(=O)Cc3ccccc3)nc3ccccc32)c1. The van der Waals surface area contributed by atoms with Crippen LogP contribution in [0.25, 0.3) is 11.0 Å². The van der Waals surface area contributed by atoms with Crippen LogP contribution in [0.15, 0.2) is 72.8 Å². The predicted molar refractivity (Wildman–Crippen MR) is 137 cm³/mol. The van der Waals surface area contributed by atoms with Gasteiger partial charge >= 0.3 is 0 Å². The molecule has 0 bridgehead atoms. The number of fused-ring (bicyclic) bond motifs is 1. The van der Waals surface area contributed by atoms with Gasteiger partial charge < -0.3 is 14.6 Å². The van der Waals surface area contributed by atoms with Crippen LogP contribution < -0.4 is 10.1 Å². The molecular weight excluding hydrogens is 422 g/mol. The highest BCUT2D eigenvalue weighted by molar-refractivity contribution is 5.78. The van der Waals surface area contributed by atoms with E-state index in [0.29, 0.717) is 19.6 Å². The smallest absolute Gasteiger partial charge is 0.224 e. The van der Waals surface area contributed by atoms with Crippen LogP contribution in [0, 0.1) is 13.8 Å². The van der Waals surface area contributed by atoms with Crippen LogP contribution >= 0.6 is 0 Å². The fourth-order valence-corrected chi connectivity index (χ4v) is 4.15. The Labute approximate surface area is 201 Å². The standard InChI is InChI=1S/C29H33N3O2/c1-22-15-16-23(2)27(20-22)34-19-9-18-32-26-13-7-6-12-25(26)31-28(32)14-8-17-30-29(33)21-24-10-4-3-5-11-24/h3-7,10-13,15-16,20H,8-9,14,17-19,21H2,1-2H3,(H,30,33). The number of amides is 1. The Morgan fingerprint density at radius 3 is 2.62 bits per heavy atom. The molecule has 4 rings (SSSR count). The number of ether oxygens (including phenoxy) is 1. The molecule has 1 amide bonds. The van der Waals surface area contributed by atoms with Crippen molar-refractivity contribution in [1.82, 2.24) is 14.9 Å². The van der Waals surface area contributed by atoms with Gasteiger partial charge in [-0.05, 0) is 61.6 Å². The number of aryl methyl sites for hydroxylation is 4. The van der Waals surface area contributed by atoms with Crippen molar-refractivity contribution in [2.75, 3.05) is 13.2 Å². The van der Waals surface area contributed by atoms with Gasteiger partial charge in [0.25, 0.3) is 0 Å². The van der Waals surface area contributed by atoms with E-state index in [1.165, 1.54) is 5.56 Å². The molecule has 176 valence electrons. The summed E-state index contributed by atoms with van der Waals surface area (Å²) in [6, 6.07) is 24.4. The monoisotopic (exact) mass is 455 g/mol. The second-order valence-electron chi connectivity index (χ2n) is 8.76. The van der Waals surface area contributed by atoms with Crippen molar-refractivity contribution in [1.29, 1.82) is 0 Å². The van der Waals surface area contributed by atoms with Crippen molar-refractivity contribution >= 4 is 16.9 Å². The van der Waals surface area contributed by atoms with Crippen LogP contribution in [0.2, 0.25) is 0 Å². The van der Waals surface area contributed by atoms with Gasteiger partial charge in [-0.15, -0.1) is 0 Å². The summed E-state index contributed by atoms with van der Waals surface area (Å²) in [5.74, 6) is 2.08. The van der Waals surface area contributed by atoms with Gasteiger partial charge in [0.1, 0.15) is 11.6 Å². The van der Waals surface area contributed by atoms with Crippen LogP contribution in [0.5, 0.6) is 5.75 Å². The Kier molecular flexibility index (Phi) is 7.97. The summed E-state index contributed by atoms with van der Waals surface area (Å²) in [4.78, 5) is 17.1. The van der Waals surface area contributed by atoms with Gasteiger partial charge in [0.2, 0.25) is 5.91 Å². The predicted octanol–water partition coefficient (Wildman–Crippen LogP) is 5.41. The number of rotatable bonds is 11. The molecular formula is C29H33N3O2. The highest BCUT2D eigenvalue weighted by atomic mass is 16.5. The summed E-state index contributed by atoms with van der Waals surface area (Å²) >= 11 is 0. The summed E-state index contributed by atoms with van der Waals surface area (Å²) in [5, 5.41) is 3.04. The average Bonchev–Trinajstić information content (AvgIpc) is 3.19. The summed E-state index contributed by atoms with van der Waals surface area (Å²) < 4.78 is 8.36. The van der Waals surface area contributed by atoms with Gasteiger partial charge in [0, 0.05) is 19.5 Å². The van der Waals surface area contributed by atoms with Gasteiger partial charge in [-0.25, -0.2) is 4.98 Å². The molecule has 4 aromatic rings. The molecule has 1 N–H and O–H groups in total. The first-order chi connectivity index (χ1) is 16.6. The van der Waals surface area contributed by atoms with E-state index in [1.807, 2.05) is 36.4 Å². The first kappa shape index (κ1) is 23.6. The maximum atomic E-state index is 12.2. The zero-order valence-corrected chi connectivity index (χ0v) is 20.1. The van der Waals surface area contributed by atoms with Crippen LogP contribution in [0.3, 0.4) is 0 Å². The molecule has 1 heterocycles. The third-order valence-corrected chi connectivity index (χ3v) is 5.97. The van der Waals surface area contributed by atoms with Crippen molar-refractivity contribution in [2.45, 2.75) is 46.1 Å². The molecule has 0 spiro atoms. The fourth-order valence-electron chi connectivity index (χ4n) is 4.15. The Balaban J connectivity index is 1.31. The molecule has 0 saturated heterocycles. The number of hydrogen-bond acceptors (Lipinski definition) is 3. The van der Waals surface area contributed by atoms with Crippen molar-refractivity contribution in [3.8, 4) is 5.75 Å². The second kappa shape index (κ2) is 11.5. The van der Waals surface area contributed by atoms with E-state index in [1.54, 1.807) is 0 Å². The topological polar surface area (TPSA) is 56.1 Å². The van der Waals surface area contributed by atoms with Crippen molar-refractivity contribution in [3.63, 3.8) is 0 Å². The fraction of sp³-hybridized carbons (Fsp3) is 0.310. The lowest BCUT2D eigenvalue weighted by atomic mass is 10.1. The van der Waals surface area contributed by atoms with E-state index < -0.39 is 0 Å². The minimum absolute atomic E-state index is 0.0586. The van der Waals surface area contributed by atoms with E-state index in [2.05, 4.69) is 60.1 Å². The van der Waals surface area contributed by atoms with Crippen molar-refractivity contribution in [3.05, 3.63) is 95.3 Å². The number of para-hydroxylation sites is 2. The van der Waals surface area contributed by atoms with Crippen molar-refractivity contribution in [2.24, 2.45) is 0 Å². The molecule has 5 heteroatoms. The minimum Gasteiger partial charge on any atom is -0.493 e. The molecule has 3 aromatic carbocycles. The zero-order valence-electron chi connectivity index (χ0n) is 20.1. The third-order valence-electron chi connectivity index (χ3n) is 5.97. The molecule has 5 nitrogen and oxygen atoms in total. The number of carbonyl (C=O) groups is 1. The van der Waals surface area contributed by atoms with Crippen LogP contribution in [-0.2, 0) is 24.2 Å². The van der Waals surface area contributed by atoms with E-state index in [4.69, 9.17) is 9.72 Å². The molecule has 0 fully saturated rings. The minimum atomic E-state index is 0.0586.